The molecule has 0 bridgehead atoms. The van der Waals surface area contributed by atoms with E-state index in [9.17, 15) is 14.7 Å². The van der Waals surface area contributed by atoms with Crippen molar-refractivity contribution in [3.8, 4) is 5.75 Å². The predicted molar refractivity (Wildman–Crippen MR) is 128 cm³/mol. The summed E-state index contributed by atoms with van der Waals surface area (Å²) in [6.07, 6.45) is 1.90. The Hall–Kier alpha value is -3.97. The van der Waals surface area contributed by atoms with E-state index in [1.165, 1.54) is 12.1 Å². The van der Waals surface area contributed by atoms with Gasteiger partial charge >= 0.3 is 5.97 Å². The average molecular weight is 464 g/mol. The second-order valence-electron chi connectivity index (χ2n) is 7.60. The lowest BCUT2D eigenvalue weighted by atomic mass is 10.0. The number of fused-ring (bicyclic) bond motifs is 1. The van der Waals surface area contributed by atoms with Crippen LogP contribution in [0.3, 0.4) is 0 Å². The van der Waals surface area contributed by atoms with Gasteiger partial charge in [-0.15, -0.1) is 0 Å². The minimum absolute atomic E-state index is 0.139. The number of aromatic nitrogens is 1. The summed E-state index contributed by atoms with van der Waals surface area (Å²) in [5.41, 5.74) is 9.22. The predicted octanol–water partition coefficient (Wildman–Crippen LogP) is 4.41. The lowest BCUT2D eigenvalue weighted by Gasteiger charge is -2.15. The molecule has 1 aromatic heterocycles. The number of hydrogen-bond acceptors (Lipinski definition) is 4. The van der Waals surface area contributed by atoms with Gasteiger partial charge in [0.1, 0.15) is 18.4 Å². The Kier molecular flexibility index (Phi) is 6.51. The molecule has 33 heavy (non-hydrogen) atoms. The van der Waals surface area contributed by atoms with Crippen molar-refractivity contribution in [1.82, 2.24) is 10.3 Å². The van der Waals surface area contributed by atoms with Crippen LogP contribution >= 0.6 is 11.6 Å². The van der Waals surface area contributed by atoms with Crippen molar-refractivity contribution < 1.29 is 19.4 Å². The third kappa shape index (κ3) is 5.27. The minimum Gasteiger partial charge on any atom is -0.487 e. The van der Waals surface area contributed by atoms with Gasteiger partial charge in [0.05, 0.1) is 5.69 Å². The Bertz CT molecular complexity index is 1300. The smallest absolute Gasteiger partial charge is 0.326 e. The van der Waals surface area contributed by atoms with Gasteiger partial charge in [-0.3, -0.25) is 4.79 Å². The number of nitrogen functional groups attached to an aromatic ring is 1. The largest absolute Gasteiger partial charge is 0.487 e. The molecule has 0 aliphatic rings. The van der Waals surface area contributed by atoms with Crippen molar-refractivity contribution in [2.75, 3.05) is 5.73 Å². The van der Waals surface area contributed by atoms with Crippen LogP contribution in [0.25, 0.3) is 10.9 Å². The number of para-hydroxylation sites is 1. The van der Waals surface area contributed by atoms with Crippen LogP contribution in [-0.2, 0) is 17.8 Å². The van der Waals surface area contributed by atoms with E-state index >= 15 is 0 Å². The SMILES string of the molecule is Nc1ccc(C(=O)N[C@@H](Cc2c[nH]c3ccccc23)C(=O)O)cc1OCc1ccc(Cl)cc1. The third-order valence-corrected chi connectivity index (χ3v) is 5.54. The molecule has 3 aromatic carbocycles. The lowest BCUT2D eigenvalue weighted by molar-refractivity contribution is -0.139. The normalized spacial score (nSPS) is 11.8. The number of benzene rings is 3. The first-order valence-electron chi connectivity index (χ1n) is 10.3. The van der Waals surface area contributed by atoms with Crippen LogP contribution in [0.1, 0.15) is 21.5 Å². The number of aromatic amines is 1. The van der Waals surface area contributed by atoms with E-state index in [4.69, 9.17) is 22.1 Å². The molecule has 0 saturated heterocycles. The Balaban J connectivity index is 1.47. The number of ether oxygens (including phenoxy) is 1. The maximum atomic E-state index is 12.8. The highest BCUT2D eigenvalue weighted by Gasteiger charge is 2.23. The van der Waals surface area contributed by atoms with Crippen LogP contribution in [0.15, 0.2) is 72.9 Å². The van der Waals surface area contributed by atoms with E-state index in [1.807, 2.05) is 36.4 Å². The van der Waals surface area contributed by atoms with Crippen molar-refractivity contribution >= 4 is 40.1 Å². The molecule has 1 atom stereocenters. The minimum atomic E-state index is -1.12. The van der Waals surface area contributed by atoms with Crippen LogP contribution < -0.4 is 15.8 Å². The Morgan fingerprint density at radius 1 is 1.09 bits per heavy atom. The Morgan fingerprint density at radius 3 is 2.61 bits per heavy atom. The number of nitrogens with one attached hydrogen (secondary N) is 2. The fourth-order valence-electron chi connectivity index (χ4n) is 3.50. The highest BCUT2D eigenvalue weighted by atomic mass is 35.5. The molecule has 0 saturated carbocycles. The summed E-state index contributed by atoms with van der Waals surface area (Å²) >= 11 is 5.90. The van der Waals surface area contributed by atoms with Crippen molar-refractivity contribution in [2.24, 2.45) is 0 Å². The highest BCUT2D eigenvalue weighted by Crippen LogP contribution is 2.25. The molecule has 0 radical (unpaired) electrons. The average Bonchev–Trinajstić information content (AvgIpc) is 3.22. The van der Waals surface area contributed by atoms with Gasteiger partial charge in [0, 0.05) is 34.1 Å². The molecule has 0 unspecified atom stereocenters. The zero-order chi connectivity index (χ0) is 23.4. The number of halogens is 1. The molecule has 5 N–H and O–H groups in total. The molecule has 1 amide bonds. The summed E-state index contributed by atoms with van der Waals surface area (Å²) in [4.78, 5) is 27.8. The third-order valence-electron chi connectivity index (χ3n) is 5.29. The fraction of sp³-hybridized carbons (Fsp3) is 0.120. The summed E-state index contributed by atoms with van der Waals surface area (Å²) < 4.78 is 5.77. The van der Waals surface area contributed by atoms with Crippen LogP contribution in [0, 0.1) is 0 Å². The topological polar surface area (TPSA) is 117 Å². The van der Waals surface area contributed by atoms with Crippen molar-refractivity contribution in [1.29, 1.82) is 0 Å². The van der Waals surface area contributed by atoms with Crippen LogP contribution in [-0.4, -0.2) is 28.0 Å². The van der Waals surface area contributed by atoms with Gasteiger partial charge in [-0.1, -0.05) is 41.9 Å². The molecule has 0 spiro atoms. The first kappa shape index (κ1) is 22.2. The Morgan fingerprint density at radius 2 is 1.85 bits per heavy atom. The molecular formula is C25H22ClN3O4. The maximum absolute atomic E-state index is 12.8. The first-order valence-corrected chi connectivity index (χ1v) is 10.6. The summed E-state index contributed by atoms with van der Waals surface area (Å²) in [7, 11) is 0. The van der Waals surface area contributed by atoms with Gasteiger partial charge < -0.3 is 25.9 Å². The second kappa shape index (κ2) is 9.67. The molecule has 4 aromatic rings. The van der Waals surface area contributed by atoms with Crippen molar-refractivity contribution in [3.05, 3.63) is 94.6 Å². The number of H-pyrrole nitrogens is 1. The zero-order valence-corrected chi connectivity index (χ0v) is 18.3. The second-order valence-corrected chi connectivity index (χ2v) is 8.03. The molecule has 1 heterocycles. The van der Waals surface area contributed by atoms with E-state index in [0.29, 0.717) is 16.5 Å². The summed E-state index contributed by atoms with van der Waals surface area (Å²) in [5.74, 6) is -1.32. The molecule has 7 nitrogen and oxygen atoms in total. The van der Waals surface area contributed by atoms with E-state index < -0.39 is 17.9 Å². The molecular weight excluding hydrogens is 442 g/mol. The monoisotopic (exact) mass is 463 g/mol. The zero-order valence-electron chi connectivity index (χ0n) is 17.5. The maximum Gasteiger partial charge on any atom is 0.326 e. The summed E-state index contributed by atoms with van der Waals surface area (Å²) in [6, 6.07) is 18.3. The standard InChI is InChI=1S/C25H22ClN3O4/c26-18-8-5-15(6-9-18)14-33-23-12-16(7-10-20(23)27)24(30)29-22(25(31)32)11-17-13-28-21-4-2-1-3-19(17)21/h1-10,12-13,22,28H,11,14,27H2,(H,29,30)(H,31,32)/t22-/m0/s1. The number of carboxylic acids is 1. The number of carbonyl (C=O) groups excluding carboxylic acids is 1. The molecule has 0 fully saturated rings. The van der Waals surface area contributed by atoms with Crippen molar-refractivity contribution in [3.63, 3.8) is 0 Å². The number of carboxylic acid groups (broad SMARTS) is 1. The first-order chi connectivity index (χ1) is 15.9. The van der Waals surface area contributed by atoms with Crippen molar-refractivity contribution in [2.45, 2.75) is 19.1 Å². The van der Waals surface area contributed by atoms with Crippen LogP contribution in [0.2, 0.25) is 5.02 Å². The van der Waals surface area contributed by atoms with E-state index in [-0.39, 0.29) is 18.6 Å². The van der Waals surface area contributed by atoms with Gasteiger partial charge in [-0.05, 0) is 47.5 Å². The van der Waals surface area contributed by atoms with Gasteiger partial charge in [0.2, 0.25) is 0 Å². The molecule has 0 aliphatic carbocycles. The van der Waals surface area contributed by atoms with Crippen LogP contribution in [0.4, 0.5) is 5.69 Å². The quantitative estimate of drug-likeness (QED) is 0.289. The molecule has 8 heteroatoms. The number of hydrogen-bond donors (Lipinski definition) is 4. The fourth-order valence-corrected chi connectivity index (χ4v) is 3.63. The van der Waals surface area contributed by atoms with Gasteiger partial charge in [0.25, 0.3) is 5.91 Å². The van der Waals surface area contributed by atoms with E-state index in [2.05, 4.69) is 10.3 Å². The van der Waals surface area contributed by atoms with Crippen LogP contribution in [0.5, 0.6) is 5.75 Å². The molecule has 168 valence electrons. The van der Waals surface area contributed by atoms with E-state index in [1.54, 1.807) is 24.4 Å². The van der Waals surface area contributed by atoms with Gasteiger partial charge in [-0.25, -0.2) is 4.79 Å². The lowest BCUT2D eigenvalue weighted by Crippen LogP contribution is -2.42. The number of anilines is 1. The summed E-state index contributed by atoms with van der Waals surface area (Å²) in [5, 5.41) is 13.8. The molecule has 0 aliphatic heterocycles. The molecule has 4 rings (SSSR count). The van der Waals surface area contributed by atoms with E-state index in [0.717, 1.165) is 22.0 Å². The number of amides is 1. The summed E-state index contributed by atoms with van der Waals surface area (Å²) in [6.45, 7) is 0.241. The number of rotatable bonds is 8. The van der Waals surface area contributed by atoms with Gasteiger partial charge in [0.15, 0.2) is 0 Å². The van der Waals surface area contributed by atoms with Gasteiger partial charge in [-0.2, -0.15) is 0 Å². The number of aliphatic carboxylic acids is 1. The highest BCUT2D eigenvalue weighted by molar-refractivity contribution is 6.30. The Labute approximate surface area is 195 Å². The number of carbonyl (C=O) groups is 2. The number of nitrogens with two attached hydrogens (primary N) is 1.